The van der Waals surface area contributed by atoms with Gasteiger partial charge in [-0.05, 0) is 0 Å². The lowest BCUT2D eigenvalue weighted by Crippen LogP contribution is -2.11. The molecule has 11 heteroatoms. The molecule has 0 bridgehead atoms. The van der Waals surface area contributed by atoms with Crippen molar-refractivity contribution in [3.05, 3.63) is 63.6 Å². The van der Waals surface area contributed by atoms with Gasteiger partial charge in [0.2, 0.25) is 0 Å². The van der Waals surface area contributed by atoms with Gasteiger partial charge in [0.15, 0.2) is 23.3 Å². The summed E-state index contributed by atoms with van der Waals surface area (Å²) in [6, 6.07) is 0. The zero-order chi connectivity index (χ0) is 17.5. The zero-order valence-corrected chi connectivity index (χ0v) is 10.4. The molecular formula is C12F8N3-. The van der Waals surface area contributed by atoms with Crippen LogP contribution in [0.3, 0.4) is 0 Å². The van der Waals surface area contributed by atoms with E-state index in [0.717, 1.165) is 5.87 Å². The number of aromatic nitrogens is 2. The van der Waals surface area contributed by atoms with Crippen molar-refractivity contribution in [2.75, 3.05) is 0 Å². The van der Waals surface area contributed by atoms with E-state index in [4.69, 9.17) is 5.41 Å². The Balaban J connectivity index is 2.93. The first-order valence-corrected chi connectivity index (χ1v) is 5.38. The minimum Gasteiger partial charge on any atom is -0.763 e. The van der Waals surface area contributed by atoms with Crippen molar-refractivity contribution in [3.8, 4) is 0 Å². The number of hydrogen-bond donors (Lipinski definition) is 0. The molecule has 0 aliphatic rings. The normalized spacial score (nSPS) is 10.6. The fourth-order valence-electron chi connectivity index (χ4n) is 1.65. The fraction of sp³-hybridized carbons (Fsp3) is 0. The van der Waals surface area contributed by atoms with Crippen molar-refractivity contribution in [1.82, 2.24) is 9.97 Å². The van der Waals surface area contributed by atoms with Gasteiger partial charge in [0, 0.05) is 5.57 Å². The molecule has 23 heavy (non-hydrogen) atoms. The molecule has 2 heterocycles. The predicted octanol–water partition coefficient (Wildman–Crippen LogP) is 3.26. The number of rotatable bonds is 2. The lowest BCUT2D eigenvalue weighted by atomic mass is 9.99. The average Bonchev–Trinajstić information content (AvgIpc) is 2.49. The summed E-state index contributed by atoms with van der Waals surface area (Å²) in [5.74, 6) is -17.2. The van der Waals surface area contributed by atoms with Gasteiger partial charge in [0.05, 0.1) is 11.1 Å². The van der Waals surface area contributed by atoms with Crippen LogP contribution in [0.1, 0.15) is 11.1 Å². The SMILES string of the molecule is [N-]=C=C(c1c(F)c(F)nc(F)c1F)c1c(F)c(F)nc(F)c1F. The highest BCUT2D eigenvalue weighted by Gasteiger charge is 2.30. The van der Waals surface area contributed by atoms with Crippen LogP contribution < -0.4 is 0 Å². The number of hydrogen-bond acceptors (Lipinski definition) is 2. The standard InChI is InChI=1S/C12F8N3/c13-5-3(6(14)10(18)22-9(5)17)2(1-21)4-7(15)11(19)23-12(20)8(4)16/q-1. The van der Waals surface area contributed by atoms with Crippen molar-refractivity contribution in [2.24, 2.45) is 0 Å². The molecule has 0 radical (unpaired) electrons. The molecule has 120 valence electrons. The summed E-state index contributed by atoms with van der Waals surface area (Å²) in [6.45, 7) is 0. The maximum atomic E-state index is 13.6. The monoisotopic (exact) mass is 338 g/mol. The van der Waals surface area contributed by atoms with Gasteiger partial charge in [0.25, 0.3) is 23.8 Å². The van der Waals surface area contributed by atoms with E-state index in [9.17, 15) is 35.1 Å². The second kappa shape index (κ2) is 5.76. The van der Waals surface area contributed by atoms with Crippen molar-refractivity contribution < 1.29 is 35.1 Å². The number of pyridine rings is 2. The van der Waals surface area contributed by atoms with Gasteiger partial charge in [-0.15, -0.1) is 0 Å². The van der Waals surface area contributed by atoms with Gasteiger partial charge in [-0.2, -0.15) is 27.5 Å². The van der Waals surface area contributed by atoms with Crippen LogP contribution in [0, 0.1) is 47.1 Å². The molecular weight excluding hydrogens is 338 g/mol. The Morgan fingerprint density at radius 2 is 0.870 bits per heavy atom. The summed E-state index contributed by atoms with van der Waals surface area (Å²) in [5, 5.41) is 8.81. The van der Waals surface area contributed by atoms with Gasteiger partial charge in [-0.3, -0.25) is 5.87 Å². The lowest BCUT2D eigenvalue weighted by molar-refractivity contribution is 0.398. The molecule has 0 spiro atoms. The summed E-state index contributed by atoms with van der Waals surface area (Å²) in [7, 11) is 0. The predicted molar refractivity (Wildman–Crippen MR) is 59.0 cm³/mol. The Bertz CT molecular complexity index is 756. The molecule has 0 unspecified atom stereocenters. The van der Waals surface area contributed by atoms with E-state index in [1.54, 1.807) is 0 Å². The van der Waals surface area contributed by atoms with Crippen molar-refractivity contribution >= 4 is 11.4 Å². The smallest absolute Gasteiger partial charge is 0.252 e. The highest BCUT2D eigenvalue weighted by molar-refractivity contribution is 6.00. The van der Waals surface area contributed by atoms with Gasteiger partial charge in [-0.1, -0.05) is 0 Å². The first kappa shape index (κ1) is 16.6. The average molecular weight is 338 g/mol. The third-order valence-electron chi connectivity index (χ3n) is 2.61. The molecule has 2 rings (SSSR count). The summed E-state index contributed by atoms with van der Waals surface area (Å²) in [5.41, 5.74) is -5.48. The first-order chi connectivity index (χ1) is 10.7. The number of nitrogens with zero attached hydrogens (tertiary/aromatic N) is 3. The quantitative estimate of drug-likeness (QED) is 0.479. The summed E-state index contributed by atoms with van der Waals surface area (Å²) in [6.07, 6.45) is 0. The zero-order valence-electron chi connectivity index (χ0n) is 10.4. The summed E-state index contributed by atoms with van der Waals surface area (Å²) >= 11 is 0. The van der Waals surface area contributed by atoms with Gasteiger partial charge < -0.3 is 5.41 Å². The van der Waals surface area contributed by atoms with Crippen molar-refractivity contribution in [3.63, 3.8) is 0 Å². The Hall–Kier alpha value is -2.81. The van der Waals surface area contributed by atoms with Crippen LogP contribution >= 0.6 is 0 Å². The molecule has 0 N–H and O–H groups in total. The van der Waals surface area contributed by atoms with E-state index >= 15 is 0 Å². The molecule has 0 saturated heterocycles. The molecule has 2 aromatic rings. The first-order valence-electron chi connectivity index (χ1n) is 5.38. The van der Waals surface area contributed by atoms with Crippen LogP contribution in [0.5, 0.6) is 0 Å². The molecule has 0 aromatic carbocycles. The Kier molecular flexibility index (Phi) is 4.15. The summed E-state index contributed by atoms with van der Waals surface area (Å²) in [4.78, 5) is 4.34. The minimum atomic E-state index is -2.28. The van der Waals surface area contributed by atoms with E-state index in [1.807, 2.05) is 0 Å². The maximum absolute atomic E-state index is 13.6. The molecule has 3 nitrogen and oxygen atoms in total. The van der Waals surface area contributed by atoms with Crippen molar-refractivity contribution in [2.45, 2.75) is 0 Å². The second-order valence-electron chi connectivity index (χ2n) is 3.88. The minimum absolute atomic E-state index is 0.841. The van der Waals surface area contributed by atoms with Crippen molar-refractivity contribution in [1.29, 1.82) is 0 Å². The molecule has 0 aliphatic heterocycles. The third-order valence-corrected chi connectivity index (χ3v) is 2.61. The third kappa shape index (κ3) is 2.55. The topological polar surface area (TPSA) is 48.1 Å². The highest BCUT2D eigenvalue weighted by Crippen LogP contribution is 2.32. The van der Waals surface area contributed by atoms with Crippen LogP contribution in [-0.4, -0.2) is 15.8 Å². The van der Waals surface area contributed by atoms with Crippen LogP contribution in [0.2, 0.25) is 0 Å². The van der Waals surface area contributed by atoms with Crippen LogP contribution in [0.15, 0.2) is 0 Å². The second-order valence-corrected chi connectivity index (χ2v) is 3.88. The van der Waals surface area contributed by atoms with Crippen LogP contribution in [0.4, 0.5) is 35.1 Å². The largest absolute Gasteiger partial charge is 0.763 e. The molecule has 0 aliphatic carbocycles. The molecule has 0 fully saturated rings. The van der Waals surface area contributed by atoms with E-state index in [2.05, 4.69) is 9.97 Å². The molecule has 0 saturated carbocycles. The Morgan fingerprint density at radius 3 is 1.09 bits per heavy atom. The lowest BCUT2D eigenvalue weighted by Gasteiger charge is -2.12. The van der Waals surface area contributed by atoms with Crippen LogP contribution in [-0.2, 0) is 0 Å². The van der Waals surface area contributed by atoms with E-state index in [-0.39, 0.29) is 0 Å². The Morgan fingerprint density at radius 1 is 0.609 bits per heavy atom. The van der Waals surface area contributed by atoms with E-state index < -0.39 is 63.8 Å². The number of halogens is 8. The van der Waals surface area contributed by atoms with Crippen LogP contribution in [0.25, 0.3) is 11.0 Å². The highest BCUT2D eigenvalue weighted by atomic mass is 19.2. The summed E-state index contributed by atoms with van der Waals surface area (Å²) < 4.78 is 106. The van der Waals surface area contributed by atoms with E-state index in [0.29, 0.717) is 0 Å². The van der Waals surface area contributed by atoms with E-state index in [1.165, 1.54) is 0 Å². The molecule has 0 atom stereocenters. The fourth-order valence-corrected chi connectivity index (χ4v) is 1.65. The maximum Gasteiger partial charge on any atom is 0.252 e. The van der Waals surface area contributed by atoms with Gasteiger partial charge >= 0.3 is 0 Å². The Labute approximate surface area is 121 Å². The van der Waals surface area contributed by atoms with Gasteiger partial charge in [0.1, 0.15) is 0 Å². The molecule has 0 amide bonds. The van der Waals surface area contributed by atoms with Gasteiger partial charge in [-0.25, -0.2) is 17.6 Å². The molecule has 2 aromatic heterocycles.